The summed E-state index contributed by atoms with van der Waals surface area (Å²) >= 11 is 0. The van der Waals surface area contributed by atoms with Gasteiger partial charge >= 0.3 is 0 Å². The highest BCUT2D eigenvalue weighted by Crippen LogP contribution is 2.19. The van der Waals surface area contributed by atoms with E-state index in [4.69, 9.17) is 0 Å². The first-order valence-electron chi connectivity index (χ1n) is 10.0. The summed E-state index contributed by atoms with van der Waals surface area (Å²) in [6, 6.07) is 6.57. The van der Waals surface area contributed by atoms with Crippen molar-refractivity contribution in [2.75, 3.05) is 0 Å². The predicted octanol–water partition coefficient (Wildman–Crippen LogP) is 7.74. The molecule has 0 spiro atoms. The van der Waals surface area contributed by atoms with Crippen molar-refractivity contribution >= 4 is 0 Å². The Morgan fingerprint density at radius 3 is 2.25 bits per heavy atom. The van der Waals surface area contributed by atoms with Gasteiger partial charge in [0.2, 0.25) is 0 Å². The molecule has 0 aromatic heterocycles. The van der Waals surface area contributed by atoms with Crippen molar-refractivity contribution in [2.24, 2.45) is 5.92 Å². The van der Waals surface area contributed by atoms with Gasteiger partial charge in [0.1, 0.15) is 0 Å². The number of hydrogen-bond donors (Lipinski definition) is 0. The summed E-state index contributed by atoms with van der Waals surface area (Å²) in [6.45, 7) is 10.7. The van der Waals surface area contributed by atoms with Crippen LogP contribution in [0.15, 0.2) is 43.0 Å². The van der Waals surface area contributed by atoms with E-state index in [0.29, 0.717) is 5.92 Å². The number of benzene rings is 1. The Balaban J connectivity index is 2.20. The molecule has 24 heavy (non-hydrogen) atoms. The molecule has 0 saturated heterocycles. The summed E-state index contributed by atoms with van der Waals surface area (Å²) in [4.78, 5) is 0. The summed E-state index contributed by atoms with van der Waals surface area (Å²) in [6.07, 6.45) is 20.0. The average Bonchev–Trinajstić information content (AvgIpc) is 2.58. The molecule has 0 bridgehead atoms. The highest BCUT2D eigenvalue weighted by atomic mass is 14.1. The Morgan fingerprint density at radius 2 is 1.58 bits per heavy atom. The van der Waals surface area contributed by atoms with E-state index in [1.165, 1.54) is 74.5 Å². The average molecular weight is 327 g/mol. The highest BCUT2D eigenvalue weighted by Gasteiger charge is 2.03. The minimum atomic E-state index is 0.695. The fourth-order valence-electron chi connectivity index (χ4n) is 3.37. The van der Waals surface area contributed by atoms with Crippen LogP contribution in [0.25, 0.3) is 0 Å². The third kappa shape index (κ3) is 8.52. The van der Waals surface area contributed by atoms with E-state index in [1.54, 1.807) is 0 Å². The Morgan fingerprint density at radius 1 is 0.917 bits per heavy atom. The first kappa shape index (κ1) is 20.7. The lowest BCUT2D eigenvalue weighted by atomic mass is 9.95. The molecule has 0 aliphatic carbocycles. The van der Waals surface area contributed by atoms with Crippen LogP contribution < -0.4 is 0 Å². The Hall–Kier alpha value is -1.30. The van der Waals surface area contributed by atoms with E-state index in [0.717, 1.165) is 6.42 Å². The summed E-state index contributed by atoms with van der Waals surface area (Å²) in [5.41, 5.74) is 4.31. The minimum Gasteiger partial charge on any atom is -0.103 e. The Labute approximate surface area is 151 Å². The molecule has 0 aliphatic heterocycles. The zero-order valence-electron chi connectivity index (χ0n) is 16.3. The maximum absolute atomic E-state index is 4.03. The van der Waals surface area contributed by atoms with Crippen molar-refractivity contribution in [3.05, 3.63) is 59.7 Å². The highest BCUT2D eigenvalue weighted by molar-refractivity contribution is 5.34. The molecule has 1 unspecified atom stereocenters. The van der Waals surface area contributed by atoms with Crippen LogP contribution in [0, 0.1) is 19.8 Å². The van der Waals surface area contributed by atoms with Crippen LogP contribution in [0.3, 0.4) is 0 Å². The van der Waals surface area contributed by atoms with Crippen LogP contribution >= 0.6 is 0 Å². The molecule has 1 rings (SSSR count). The second kappa shape index (κ2) is 13.0. The lowest BCUT2D eigenvalue weighted by Crippen LogP contribution is -1.96. The van der Waals surface area contributed by atoms with Crippen molar-refractivity contribution in [1.29, 1.82) is 0 Å². The molecule has 0 N–H and O–H groups in total. The van der Waals surface area contributed by atoms with Crippen LogP contribution in [-0.2, 0) is 6.42 Å². The van der Waals surface area contributed by atoms with Gasteiger partial charge in [0.05, 0.1) is 0 Å². The smallest absolute Gasteiger partial charge is 0.00922 e. The van der Waals surface area contributed by atoms with E-state index in [9.17, 15) is 0 Å². The van der Waals surface area contributed by atoms with Crippen LogP contribution in [0.1, 0.15) is 81.4 Å². The lowest BCUT2D eigenvalue weighted by Gasteiger charge is -2.11. The molecule has 0 heteroatoms. The Kier molecular flexibility index (Phi) is 11.3. The molecule has 134 valence electrons. The van der Waals surface area contributed by atoms with Crippen molar-refractivity contribution in [3.8, 4) is 0 Å². The third-order valence-corrected chi connectivity index (χ3v) is 5.10. The van der Waals surface area contributed by atoms with E-state index in [-0.39, 0.29) is 0 Å². The van der Waals surface area contributed by atoms with Gasteiger partial charge in [0, 0.05) is 0 Å². The molecule has 1 atom stereocenters. The molecule has 0 amide bonds. The summed E-state index contributed by atoms with van der Waals surface area (Å²) in [7, 11) is 0. The maximum atomic E-state index is 4.03. The molecule has 0 heterocycles. The number of hydrogen-bond acceptors (Lipinski definition) is 0. The molecule has 0 aliphatic rings. The van der Waals surface area contributed by atoms with Gasteiger partial charge in [-0.1, -0.05) is 81.9 Å². The molecule has 0 nitrogen and oxygen atoms in total. The number of allylic oxidation sites excluding steroid dienone is 3. The van der Waals surface area contributed by atoms with Gasteiger partial charge < -0.3 is 0 Å². The monoisotopic (exact) mass is 326 g/mol. The number of unbranched alkanes of at least 4 members (excludes halogenated alkanes) is 5. The van der Waals surface area contributed by atoms with Gasteiger partial charge in [-0.25, -0.2) is 0 Å². The Bertz CT molecular complexity index is 461. The molecule has 0 fully saturated rings. The first-order valence-corrected chi connectivity index (χ1v) is 10.0. The van der Waals surface area contributed by atoms with Crippen molar-refractivity contribution in [1.82, 2.24) is 0 Å². The van der Waals surface area contributed by atoms with Gasteiger partial charge in [-0.2, -0.15) is 0 Å². The fraction of sp³-hybridized carbons (Fsp3) is 0.583. The molecule has 1 aromatic carbocycles. The van der Waals surface area contributed by atoms with Crippen molar-refractivity contribution < 1.29 is 0 Å². The second-order valence-corrected chi connectivity index (χ2v) is 7.18. The first-order chi connectivity index (χ1) is 11.7. The predicted molar refractivity (Wildman–Crippen MR) is 110 cm³/mol. The zero-order chi connectivity index (χ0) is 17.6. The van der Waals surface area contributed by atoms with Crippen molar-refractivity contribution in [2.45, 2.75) is 85.0 Å². The summed E-state index contributed by atoms with van der Waals surface area (Å²) < 4.78 is 0. The normalized spacial score (nSPS) is 12.6. The third-order valence-electron chi connectivity index (χ3n) is 5.10. The van der Waals surface area contributed by atoms with Crippen molar-refractivity contribution in [3.63, 3.8) is 0 Å². The second-order valence-electron chi connectivity index (χ2n) is 7.18. The zero-order valence-corrected chi connectivity index (χ0v) is 16.3. The van der Waals surface area contributed by atoms with E-state index < -0.39 is 0 Å². The molecule has 0 saturated carbocycles. The maximum Gasteiger partial charge on any atom is -0.00922 e. The quantitative estimate of drug-likeness (QED) is 0.257. The molecular weight excluding hydrogens is 288 g/mol. The topological polar surface area (TPSA) is 0 Å². The number of rotatable bonds is 13. The molecular formula is C24H38. The van der Waals surface area contributed by atoms with Gasteiger partial charge in [-0.15, -0.1) is 6.58 Å². The van der Waals surface area contributed by atoms with Gasteiger partial charge in [-0.05, 0) is 62.1 Å². The van der Waals surface area contributed by atoms with Crippen LogP contribution in [0.2, 0.25) is 0 Å². The fourth-order valence-corrected chi connectivity index (χ4v) is 3.37. The summed E-state index contributed by atoms with van der Waals surface area (Å²) in [5, 5.41) is 0. The largest absolute Gasteiger partial charge is 0.103 e. The van der Waals surface area contributed by atoms with E-state index >= 15 is 0 Å². The van der Waals surface area contributed by atoms with Gasteiger partial charge in [0.25, 0.3) is 0 Å². The SMILES string of the molecule is C=CC(CC/C=C/Cc1c(C)cccc1C)CCCCCCCC. The van der Waals surface area contributed by atoms with Crippen LogP contribution in [0.4, 0.5) is 0 Å². The van der Waals surface area contributed by atoms with E-state index in [2.05, 4.69) is 63.8 Å². The van der Waals surface area contributed by atoms with Crippen LogP contribution in [-0.4, -0.2) is 0 Å². The lowest BCUT2D eigenvalue weighted by molar-refractivity contribution is 0.497. The molecule has 1 aromatic rings. The minimum absolute atomic E-state index is 0.695. The standard InChI is InChI=1S/C24H38/c1-5-7-8-9-10-12-18-23(6-2)19-13-11-14-20-24-21(3)16-15-17-22(24)4/h6,11,14-17,23H,2,5,7-10,12-13,18-20H2,1,3-4H3/b14-11+. The van der Waals surface area contributed by atoms with Crippen LogP contribution in [0.5, 0.6) is 0 Å². The van der Waals surface area contributed by atoms with Gasteiger partial charge in [-0.3, -0.25) is 0 Å². The summed E-state index contributed by atoms with van der Waals surface area (Å²) in [5.74, 6) is 0.695. The molecule has 0 radical (unpaired) electrons. The van der Waals surface area contributed by atoms with E-state index in [1.807, 2.05) is 0 Å². The van der Waals surface area contributed by atoms with Gasteiger partial charge in [0.15, 0.2) is 0 Å². The number of aryl methyl sites for hydroxylation is 2.